The number of nitrogens with one attached hydrogen (secondary N) is 2. The number of aromatic nitrogens is 2. The van der Waals surface area contributed by atoms with Crippen LogP contribution >= 0.6 is 0 Å². The molecular weight excluding hydrogens is 427 g/mol. The minimum absolute atomic E-state index is 0.207. The van der Waals surface area contributed by atoms with Crippen molar-refractivity contribution in [2.75, 3.05) is 18.9 Å². The van der Waals surface area contributed by atoms with Crippen LogP contribution in [0.5, 0.6) is 0 Å². The average molecular weight is 461 g/mol. The zero-order valence-electron chi connectivity index (χ0n) is 19.8. The first-order valence-electron chi connectivity index (χ1n) is 11.1. The molecule has 0 saturated carbocycles. The second-order valence-corrected chi connectivity index (χ2v) is 7.71. The molecular formula is C23H33FN6O3. The Kier molecular flexibility index (Phi) is 9.24. The van der Waals surface area contributed by atoms with E-state index in [1.807, 2.05) is 13.8 Å². The lowest BCUT2D eigenvalue weighted by atomic mass is 9.96. The summed E-state index contributed by atoms with van der Waals surface area (Å²) in [6, 6.07) is 1.03. The van der Waals surface area contributed by atoms with Crippen molar-refractivity contribution < 1.29 is 19.0 Å². The van der Waals surface area contributed by atoms with Crippen molar-refractivity contribution in [2.24, 2.45) is 4.99 Å². The third-order valence-electron chi connectivity index (χ3n) is 4.79. The first kappa shape index (κ1) is 26.1. The number of hydrogen-bond acceptors (Lipinski definition) is 7. The highest BCUT2D eigenvalue weighted by Gasteiger charge is 2.28. The van der Waals surface area contributed by atoms with Gasteiger partial charge in [-0.25, -0.2) is 24.1 Å². The maximum atomic E-state index is 15.7. The lowest BCUT2D eigenvalue weighted by Gasteiger charge is -2.19. The zero-order valence-corrected chi connectivity index (χ0v) is 19.8. The molecule has 9 nitrogen and oxygen atoms in total. The van der Waals surface area contributed by atoms with E-state index in [0.29, 0.717) is 25.1 Å². The average Bonchev–Trinajstić information content (AvgIpc) is 3.31. The van der Waals surface area contributed by atoms with Gasteiger partial charge in [0.15, 0.2) is 5.82 Å². The molecule has 0 radical (unpaired) electrons. The Labute approximate surface area is 193 Å². The molecule has 2 aromatic rings. The normalized spacial score (nSPS) is 15.8. The van der Waals surface area contributed by atoms with Crippen LogP contribution in [0.2, 0.25) is 0 Å². The van der Waals surface area contributed by atoms with Crippen molar-refractivity contribution in [2.45, 2.75) is 59.2 Å². The number of nitrogen functional groups attached to an aromatic ring is 1. The first-order valence-corrected chi connectivity index (χ1v) is 11.1. The number of halogens is 1. The van der Waals surface area contributed by atoms with Crippen molar-refractivity contribution in [3.8, 4) is 11.1 Å². The highest BCUT2D eigenvalue weighted by atomic mass is 19.1. The predicted octanol–water partition coefficient (Wildman–Crippen LogP) is 3.95. The summed E-state index contributed by atoms with van der Waals surface area (Å²) < 4.78 is 21.4. The molecule has 0 aliphatic carbocycles. The zero-order chi connectivity index (χ0) is 24.6. The van der Waals surface area contributed by atoms with E-state index in [-0.39, 0.29) is 28.3 Å². The van der Waals surface area contributed by atoms with Gasteiger partial charge in [0, 0.05) is 42.2 Å². The van der Waals surface area contributed by atoms with E-state index in [1.54, 1.807) is 20.8 Å². The Morgan fingerprint density at radius 2 is 2.06 bits per heavy atom. The summed E-state index contributed by atoms with van der Waals surface area (Å²) in [7, 11) is 0. The minimum Gasteiger partial charge on any atom is -0.397 e. The van der Waals surface area contributed by atoms with Gasteiger partial charge >= 0.3 is 6.03 Å². The molecule has 1 aliphatic rings. The lowest BCUT2D eigenvalue weighted by molar-refractivity contribution is 0.0687. The van der Waals surface area contributed by atoms with E-state index in [2.05, 4.69) is 25.6 Å². The van der Waals surface area contributed by atoms with Gasteiger partial charge in [-0.3, -0.25) is 5.32 Å². The van der Waals surface area contributed by atoms with Crippen LogP contribution in [-0.4, -0.2) is 40.6 Å². The molecule has 0 spiro atoms. The van der Waals surface area contributed by atoms with E-state index in [1.165, 1.54) is 24.8 Å². The topological polar surface area (TPSA) is 135 Å². The summed E-state index contributed by atoms with van der Waals surface area (Å²) in [6.45, 7) is 9.89. The third-order valence-corrected chi connectivity index (χ3v) is 4.79. The second kappa shape index (κ2) is 11.7. The molecule has 1 aliphatic heterocycles. The molecule has 1 fully saturated rings. The van der Waals surface area contributed by atoms with Gasteiger partial charge in [-0.15, -0.1) is 0 Å². The molecule has 1 aromatic heterocycles. The van der Waals surface area contributed by atoms with Gasteiger partial charge in [0.05, 0.1) is 23.8 Å². The quantitative estimate of drug-likeness (QED) is 0.293. The van der Waals surface area contributed by atoms with Gasteiger partial charge in [0.2, 0.25) is 0 Å². The van der Waals surface area contributed by atoms with Crippen molar-refractivity contribution >= 4 is 23.7 Å². The fourth-order valence-corrected chi connectivity index (χ4v) is 3.30. The predicted molar refractivity (Wildman–Crippen MR) is 127 cm³/mol. The number of nitrogens with two attached hydrogens (primary N) is 1. The number of carbonyl (C=O) groups excluding carboxylic acids is 1. The fourth-order valence-electron chi connectivity index (χ4n) is 3.30. The number of benzene rings is 1. The summed E-state index contributed by atoms with van der Waals surface area (Å²) in [5.74, 6) is -0.313. The van der Waals surface area contributed by atoms with Crippen LogP contribution in [0.4, 0.5) is 20.6 Å². The van der Waals surface area contributed by atoms with E-state index >= 15 is 4.39 Å². The van der Waals surface area contributed by atoms with Gasteiger partial charge in [-0.1, -0.05) is 13.8 Å². The molecule has 2 heterocycles. The molecule has 3 rings (SSSR count). The van der Waals surface area contributed by atoms with Gasteiger partial charge < -0.3 is 20.9 Å². The van der Waals surface area contributed by atoms with Crippen LogP contribution in [0.3, 0.4) is 0 Å². The Hall–Kier alpha value is -3.11. The molecule has 2 amide bonds. The molecule has 180 valence electrons. The maximum absolute atomic E-state index is 15.7. The van der Waals surface area contributed by atoms with Crippen LogP contribution in [0.1, 0.15) is 65.0 Å². The van der Waals surface area contributed by atoms with Crippen LogP contribution in [0, 0.1) is 5.82 Å². The number of anilines is 1. The van der Waals surface area contributed by atoms with Crippen LogP contribution in [0.25, 0.3) is 11.1 Å². The van der Waals surface area contributed by atoms with Crippen molar-refractivity contribution in [1.82, 2.24) is 20.6 Å². The number of rotatable bonds is 6. The molecule has 1 unspecified atom stereocenters. The van der Waals surface area contributed by atoms with E-state index in [9.17, 15) is 9.90 Å². The highest BCUT2D eigenvalue weighted by Crippen LogP contribution is 2.43. The first-order chi connectivity index (χ1) is 15.7. The van der Waals surface area contributed by atoms with Crippen molar-refractivity contribution in [3.63, 3.8) is 0 Å². The van der Waals surface area contributed by atoms with Crippen LogP contribution in [0.15, 0.2) is 23.5 Å². The lowest BCUT2D eigenvalue weighted by Crippen LogP contribution is -2.34. The summed E-state index contributed by atoms with van der Waals surface area (Å²) in [5.41, 5.74) is 6.29. The fraction of sp³-hybridized carbons (Fsp3) is 0.478. The van der Waals surface area contributed by atoms with Crippen molar-refractivity contribution in [3.05, 3.63) is 35.7 Å². The SMILES string of the molecule is CC.CCNC(=O)NC=Nc1c(N)cc(-c2cnc(C(C)(C)O)nc2)c(F)c1C1CCCO1. The minimum atomic E-state index is -1.21. The number of aliphatic hydroxyl groups is 1. The van der Waals surface area contributed by atoms with Crippen LogP contribution in [-0.2, 0) is 10.3 Å². The standard InChI is InChI=1S/C21H27FN6O3.C2H6/c1-4-24-20(29)28-11-27-18-14(23)8-13(17(22)16(18)15-6-5-7-31-15)12-9-25-19(26-10-12)21(2,3)30;1-2/h8-11,15,30H,4-7,23H2,1-3H3,(H2,24,27,28,29);1-2H3. The number of aliphatic imine (C=N–C) groups is 1. The largest absolute Gasteiger partial charge is 0.397 e. The van der Waals surface area contributed by atoms with Gasteiger partial charge in [0.25, 0.3) is 0 Å². The summed E-state index contributed by atoms with van der Waals surface area (Å²) in [5, 5.41) is 15.1. The van der Waals surface area contributed by atoms with Gasteiger partial charge in [-0.05, 0) is 39.7 Å². The van der Waals surface area contributed by atoms with Gasteiger partial charge in [-0.2, -0.15) is 0 Å². The Bertz CT molecular complexity index is 968. The van der Waals surface area contributed by atoms with E-state index in [4.69, 9.17) is 10.5 Å². The molecule has 5 N–H and O–H groups in total. The number of urea groups is 1. The number of nitrogens with zero attached hydrogens (tertiary/aromatic N) is 3. The Morgan fingerprint density at radius 1 is 1.39 bits per heavy atom. The molecule has 1 saturated heterocycles. The summed E-state index contributed by atoms with van der Waals surface area (Å²) in [6.07, 6.45) is 4.97. The number of amides is 2. The Balaban J connectivity index is 0.00000187. The molecule has 0 bridgehead atoms. The monoisotopic (exact) mass is 460 g/mol. The third kappa shape index (κ3) is 6.45. The van der Waals surface area contributed by atoms with Gasteiger partial charge in [0.1, 0.15) is 11.4 Å². The van der Waals surface area contributed by atoms with E-state index < -0.39 is 23.6 Å². The van der Waals surface area contributed by atoms with E-state index in [0.717, 1.165) is 6.42 Å². The maximum Gasteiger partial charge on any atom is 0.319 e. The number of ether oxygens (including phenoxy) is 1. The van der Waals surface area contributed by atoms with Crippen LogP contribution < -0.4 is 16.4 Å². The Morgan fingerprint density at radius 3 is 2.61 bits per heavy atom. The molecule has 1 aromatic carbocycles. The smallest absolute Gasteiger partial charge is 0.319 e. The summed E-state index contributed by atoms with van der Waals surface area (Å²) >= 11 is 0. The second-order valence-electron chi connectivity index (χ2n) is 7.71. The summed E-state index contributed by atoms with van der Waals surface area (Å²) in [4.78, 5) is 24.1. The number of carbonyl (C=O) groups is 1. The van der Waals surface area contributed by atoms with Crippen molar-refractivity contribution in [1.29, 1.82) is 0 Å². The molecule has 33 heavy (non-hydrogen) atoms. The molecule has 1 atom stereocenters. The number of hydrogen-bond donors (Lipinski definition) is 4. The highest BCUT2D eigenvalue weighted by molar-refractivity contribution is 5.88. The molecule has 10 heteroatoms.